The van der Waals surface area contributed by atoms with Crippen LogP contribution >= 0.6 is 11.3 Å². The summed E-state index contributed by atoms with van der Waals surface area (Å²) in [6.45, 7) is 2.61. The monoisotopic (exact) mass is 228 g/mol. The van der Waals surface area contributed by atoms with Crippen molar-refractivity contribution in [2.75, 3.05) is 13.7 Å². The number of ether oxygens (including phenoxy) is 1. The first-order valence-corrected chi connectivity index (χ1v) is 5.81. The Labute approximate surface area is 93.5 Å². The van der Waals surface area contributed by atoms with Crippen LogP contribution in [0.4, 0.5) is 0 Å². The summed E-state index contributed by atoms with van der Waals surface area (Å²) in [5, 5.41) is 0.918. The second-order valence-corrected chi connectivity index (χ2v) is 4.25. The van der Waals surface area contributed by atoms with Crippen LogP contribution in [0.3, 0.4) is 0 Å². The molecule has 4 nitrogen and oxygen atoms in total. The highest BCUT2D eigenvalue weighted by atomic mass is 32.1. The number of hydrogen-bond donors (Lipinski definition) is 1. The lowest BCUT2D eigenvalue weighted by Crippen LogP contribution is -2.03. The Kier molecular flexibility index (Phi) is 4.71. The van der Waals surface area contributed by atoms with Gasteiger partial charge in [0.2, 0.25) is 0 Å². The topological polar surface area (TPSA) is 65.2 Å². The van der Waals surface area contributed by atoms with Crippen molar-refractivity contribution in [1.29, 1.82) is 0 Å². The molecule has 0 amide bonds. The first-order chi connectivity index (χ1) is 7.22. The molecule has 0 bridgehead atoms. The van der Waals surface area contributed by atoms with Crippen molar-refractivity contribution in [3.05, 3.63) is 15.6 Å². The largest absolute Gasteiger partial charge is 0.465 e. The van der Waals surface area contributed by atoms with Crippen LogP contribution in [0.2, 0.25) is 0 Å². The summed E-state index contributed by atoms with van der Waals surface area (Å²) >= 11 is 1.39. The summed E-state index contributed by atoms with van der Waals surface area (Å²) in [5.41, 5.74) is 6.30. The zero-order chi connectivity index (χ0) is 11.3. The maximum atomic E-state index is 11.4. The van der Waals surface area contributed by atoms with Gasteiger partial charge in [0.25, 0.3) is 0 Å². The number of carbonyl (C=O) groups is 1. The van der Waals surface area contributed by atoms with Crippen molar-refractivity contribution >= 4 is 17.3 Å². The van der Waals surface area contributed by atoms with Gasteiger partial charge in [-0.3, -0.25) is 0 Å². The zero-order valence-electron chi connectivity index (χ0n) is 9.08. The average molecular weight is 228 g/mol. The minimum absolute atomic E-state index is 0.292. The predicted octanol–water partition coefficient (Wildman–Crippen LogP) is 1.38. The smallest absolute Gasteiger partial charge is 0.349 e. The Bertz CT molecular complexity index is 336. The molecule has 0 saturated carbocycles. The van der Waals surface area contributed by atoms with E-state index in [9.17, 15) is 4.79 Å². The fourth-order valence-corrected chi connectivity index (χ4v) is 2.33. The van der Waals surface area contributed by atoms with Gasteiger partial charge < -0.3 is 10.5 Å². The van der Waals surface area contributed by atoms with Crippen LogP contribution in [0.15, 0.2) is 0 Å². The Balaban J connectivity index is 2.94. The van der Waals surface area contributed by atoms with Crippen LogP contribution in [0.1, 0.15) is 33.7 Å². The van der Waals surface area contributed by atoms with Gasteiger partial charge in [-0.05, 0) is 13.0 Å². The highest BCUT2D eigenvalue weighted by molar-refractivity contribution is 7.13. The second-order valence-electron chi connectivity index (χ2n) is 3.16. The quantitative estimate of drug-likeness (QED) is 0.773. The Morgan fingerprint density at radius 3 is 2.80 bits per heavy atom. The number of methoxy groups -OCH3 is 1. The van der Waals surface area contributed by atoms with E-state index in [0.717, 1.165) is 30.0 Å². The lowest BCUT2D eigenvalue weighted by atomic mass is 10.2. The van der Waals surface area contributed by atoms with Crippen LogP contribution in [0.5, 0.6) is 0 Å². The molecule has 5 heteroatoms. The first-order valence-electron chi connectivity index (χ1n) is 4.99. The SMILES string of the molecule is CCCc1nc(CCN)sc1C(=O)OC. The molecule has 0 aromatic carbocycles. The molecule has 1 aromatic rings. The van der Waals surface area contributed by atoms with Crippen molar-refractivity contribution in [3.63, 3.8) is 0 Å². The maximum Gasteiger partial charge on any atom is 0.349 e. The summed E-state index contributed by atoms with van der Waals surface area (Å²) in [4.78, 5) is 16.5. The minimum Gasteiger partial charge on any atom is -0.465 e. The normalized spacial score (nSPS) is 10.3. The van der Waals surface area contributed by atoms with E-state index in [1.54, 1.807) is 0 Å². The van der Waals surface area contributed by atoms with Crippen LogP contribution in [0.25, 0.3) is 0 Å². The fourth-order valence-electron chi connectivity index (χ4n) is 1.29. The Hall–Kier alpha value is -0.940. The summed E-state index contributed by atoms with van der Waals surface area (Å²) in [5.74, 6) is -0.292. The lowest BCUT2D eigenvalue weighted by molar-refractivity contribution is 0.0605. The van der Waals surface area contributed by atoms with Crippen LogP contribution < -0.4 is 5.73 Å². The number of hydrogen-bond acceptors (Lipinski definition) is 5. The molecule has 0 aliphatic rings. The summed E-state index contributed by atoms with van der Waals surface area (Å²) in [6, 6.07) is 0. The fraction of sp³-hybridized carbons (Fsp3) is 0.600. The summed E-state index contributed by atoms with van der Waals surface area (Å²) in [7, 11) is 1.39. The summed E-state index contributed by atoms with van der Waals surface area (Å²) < 4.78 is 4.71. The molecule has 1 aromatic heterocycles. The van der Waals surface area contributed by atoms with Crippen molar-refractivity contribution in [3.8, 4) is 0 Å². The number of esters is 1. The van der Waals surface area contributed by atoms with E-state index in [1.807, 2.05) is 0 Å². The van der Waals surface area contributed by atoms with Crippen LogP contribution in [0, 0.1) is 0 Å². The van der Waals surface area contributed by atoms with E-state index in [2.05, 4.69) is 11.9 Å². The molecular weight excluding hydrogens is 212 g/mol. The van der Waals surface area contributed by atoms with E-state index in [0.29, 0.717) is 11.4 Å². The highest BCUT2D eigenvalue weighted by Crippen LogP contribution is 2.21. The molecule has 0 spiro atoms. The van der Waals surface area contributed by atoms with Gasteiger partial charge in [-0.25, -0.2) is 9.78 Å². The molecule has 84 valence electrons. The number of nitrogens with zero attached hydrogens (tertiary/aromatic N) is 1. The second kappa shape index (κ2) is 5.82. The molecule has 2 N–H and O–H groups in total. The van der Waals surface area contributed by atoms with Crippen LogP contribution in [-0.2, 0) is 17.6 Å². The van der Waals surface area contributed by atoms with Gasteiger partial charge in [-0.1, -0.05) is 13.3 Å². The number of aryl methyl sites for hydroxylation is 1. The predicted molar refractivity (Wildman–Crippen MR) is 60.2 cm³/mol. The van der Waals surface area contributed by atoms with Gasteiger partial charge in [0.1, 0.15) is 4.88 Å². The zero-order valence-corrected chi connectivity index (χ0v) is 9.89. The van der Waals surface area contributed by atoms with E-state index in [-0.39, 0.29) is 5.97 Å². The van der Waals surface area contributed by atoms with Gasteiger partial charge in [0, 0.05) is 6.42 Å². The number of carbonyl (C=O) groups excluding carboxylic acids is 1. The van der Waals surface area contributed by atoms with Gasteiger partial charge in [-0.2, -0.15) is 0 Å². The molecule has 1 rings (SSSR count). The molecule has 0 aliphatic heterocycles. The third-order valence-corrected chi connectivity index (χ3v) is 3.09. The molecule has 1 heterocycles. The average Bonchev–Trinajstić information content (AvgIpc) is 2.61. The molecule has 15 heavy (non-hydrogen) atoms. The molecule has 0 aliphatic carbocycles. The maximum absolute atomic E-state index is 11.4. The summed E-state index contributed by atoms with van der Waals surface area (Å²) in [6.07, 6.45) is 2.50. The number of aromatic nitrogens is 1. The van der Waals surface area contributed by atoms with Gasteiger partial charge in [0.15, 0.2) is 0 Å². The third-order valence-electron chi connectivity index (χ3n) is 1.96. The van der Waals surface area contributed by atoms with Gasteiger partial charge >= 0.3 is 5.97 Å². The third kappa shape index (κ3) is 3.00. The first kappa shape index (κ1) is 12.1. The van der Waals surface area contributed by atoms with E-state index < -0.39 is 0 Å². The molecular formula is C10H16N2O2S. The number of nitrogens with two attached hydrogens (primary N) is 1. The Morgan fingerprint density at radius 2 is 2.27 bits per heavy atom. The number of rotatable bonds is 5. The molecule has 0 unspecified atom stereocenters. The van der Waals surface area contributed by atoms with Crippen LogP contribution in [-0.4, -0.2) is 24.6 Å². The molecule has 0 atom stereocenters. The lowest BCUT2D eigenvalue weighted by Gasteiger charge is -1.97. The van der Waals surface area contributed by atoms with Crippen molar-refractivity contribution in [2.24, 2.45) is 5.73 Å². The molecule has 0 fully saturated rings. The Morgan fingerprint density at radius 1 is 1.53 bits per heavy atom. The van der Waals surface area contributed by atoms with Crippen molar-refractivity contribution in [2.45, 2.75) is 26.2 Å². The molecule has 0 radical (unpaired) electrons. The number of thiazole rings is 1. The minimum atomic E-state index is -0.292. The van der Waals surface area contributed by atoms with Gasteiger partial charge in [-0.15, -0.1) is 11.3 Å². The van der Waals surface area contributed by atoms with E-state index in [1.165, 1.54) is 18.4 Å². The highest BCUT2D eigenvalue weighted by Gasteiger charge is 2.17. The van der Waals surface area contributed by atoms with Crippen molar-refractivity contribution < 1.29 is 9.53 Å². The standard InChI is InChI=1S/C10H16N2O2S/c1-3-4-7-9(10(13)14-2)15-8(12-7)5-6-11/h3-6,11H2,1-2H3. The van der Waals surface area contributed by atoms with E-state index in [4.69, 9.17) is 10.5 Å². The molecule has 0 saturated heterocycles. The van der Waals surface area contributed by atoms with Crippen molar-refractivity contribution in [1.82, 2.24) is 4.98 Å². The van der Waals surface area contributed by atoms with Gasteiger partial charge in [0.05, 0.1) is 17.8 Å². The van der Waals surface area contributed by atoms with E-state index >= 15 is 0 Å².